The molecule has 0 aliphatic heterocycles. The smallest absolute Gasteiger partial charge is 0.274 e. The van der Waals surface area contributed by atoms with Gasteiger partial charge in [-0.15, -0.1) is 0 Å². The topological polar surface area (TPSA) is 38.1 Å². The number of halogens is 1. The van der Waals surface area contributed by atoms with Gasteiger partial charge in [-0.25, -0.2) is 4.98 Å². The third-order valence-electron chi connectivity index (χ3n) is 3.28. The first-order valence-corrected chi connectivity index (χ1v) is 7.19. The van der Waals surface area contributed by atoms with Crippen molar-refractivity contribution < 1.29 is 4.79 Å². The zero-order valence-corrected chi connectivity index (χ0v) is 11.7. The van der Waals surface area contributed by atoms with Gasteiger partial charge in [0.25, 0.3) is 5.91 Å². The van der Waals surface area contributed by atoms with E-state index in [-0.39, 0.29) is 5.91 Å². The van der Waals surface area contributed by atoms with Gasteiger partial charge in [-0.1, -0.05) is 28.8 Å². The fourth-order valence-corrected chi connectivity index (χ4v) is 2.81. The predicted molar refractivity (Wildman–Crippen MR) is 70.3 cm³/mol. The van der Waals surface area contributed by atoms with Crippen molar-refractivity contribution in [1.29, 1.82) is 0 Å². The van der Waals surface area contributed by atoms with Gasteiger partial charge in [-0.3, -0.25) is 4.79 Å². The molecule has 4 nitrogen and oxygen atoms in total. The largest absolute Gasteiger partial charge is 0.340 e. The lowest BCUT2D eigenvalue weighted by Gasteiger charge is -2.27. The van der Waals surface area contributed by atoms with Crippen LogP contribution in [0.5, 0.6) is 0 Å². The zero-order valence-electron chi connectivity index (χ0n) is 10.1. The summed E-state index contributed by atoms with van der Waals surface area (Å²) >= 11 is 3.42. The van der Waals surface area contributed by atoms with Gasteiger partial charge in [0.15, 0.2) is 0 Å². The molecule has 0 bridgehead atoms. The Morgan fingerprint density at radius 3 is 2.82 bits per heavy atom. The van der Waals surface area contributed by atoms with Crippen LogP contribution in [0.2, 0.25) is 0 Å². The van der Waals surface area contributed by atoms with E-state index in [4.69, 9.17) is 0 Å². The highest BCUT2D eigenvalue weighted by Gasteiger charge is 2.27. The zero-order chi connectivity index (χ0) is 12.3. The first kappa shape index (κ1) is 12.6. The van der Waals surface area contributed by atoms with E-state index in [1.807, 2.05) is 16.5 Å². The van der Waals surface area contributed by atoms with Gasteiger partial charge in [-0.05, 0) is 12.8 Å². The standard InChI is InChI=1S/C12H18BrN3O/c1-15-8-11(14-9-15)12(17)16(7-6-13)10-4-2-3-5-10/h8-10H,2-7H2,1H3. The first-order chi connectivity index (χ1) is 8.22. The summed E-state index contributed by atoms with van der Waals surface area (Å²) in [7, 11) is 1.88. The number of alkyl halides is 1. The van der Waals surface area contributed by atoms with E-state index in [1.54, 1.807) is 12.5 Å². The highest BCUT2D eigenvalue weighted by molar-refractivity contribution is 9.09. The molecule has 17 heavy (non-hydrogen) atoms. The Hall–Kier alpha value is -0.840. The number of imidazole rings is 1. The average Bonchev–Trinajstić information content (AvgIpc) is 2.95. The molecule has 1 aromatic rings. The van der Waals surface area contributed by atoms with Gasteiger partial charge < -0.3 is 9.47 Å². The first-order valence-electron chi connectivity index (χ1n) is 6.07. The van der Waals surface area contributed by atoms with E-state index in [9.17, 15) is 4.79 Å². The molecule has 0 saturated heterocycles. The lowest BCUT2D eigenvalue weighted by molar-refractivity contribution is 0.0690. The van der Waals surface area contributed by atoms with E-state index in [0.717, 1.165) is 24.7 Å². The second kappa shape index (κ2) is 5.67. The number of aryl methyl sites for hydroxylation is 1. The van der Waals surface area contributed by atoms with Crippen LogP contribution in [0.1, 0.15) is 36.2 Å². The van der Waals surface area contributed by atoms with Gasteiger partial charge in [0.1, 0.15) is 5.69 Å². The molecule has 0 spiro atoms. The maximum absolute atomic E-state index is 12.4. The monoisotopic (exact) mass is 299 g/mol. The van der Waals surface area contributed by atoms with Crippen molar-refractivity contribution in [3.05, 3.63) is 18.2 Å². The molecule has 1 saturated carbocycles. The Morgan fingerprint density at radius 1 is 1.59 bits per heavy atom. The van der Waals surface area contributed by atoms with Crippen LogP contribution in [-0.2, 0) is 7.05 Å². The average molecular weight is 300 g/mol. The van der Waals surface area contributed by atoms with Crippen LogP contribution in [0, 0.1) is 0 Å². The van der Waals surface area contributed by atoms with Crippen LogP contribution >= 0.6 is 15.9 Å². The van der Waals surface area contributed by atoms with Crippen LogP contribution in [0.25, 0.3) is 0 Å². The summed E-state index contributed by atoms with van der Waals surface area (Å²) in [6, 6.07) is 0.405. The number of rotatable bonds is 4. The normalized spacial score (nSPS) is 16.4. The van der Waals surface area contributed by atoms with E-state index >= 15 is 0 Å². The highest BCUT2D eigenvalue weighted by Crippen LogP contribution is 2.24. The van der Waals surface area contributed by atoms with Crippen LogP contribution in [0.4, 0.5) is 0 Å². The minimum absolute atomic E-state index is 0.0666. The molecule has 1 amide bonds. The summed E-state index contributed by atoms with van der Waals surface area (Å²) in [6.07, 6.45) is 8.20. The molecule has 94 valence electrons. The van der Waals surface area contributed by atoms with Gasteiger partial charge in [0, 0.05) is 31.2 Å². The summed E-state index contributed by atoms with van der Waals surface area (Å²) in [5.74, 6) is 0.0666. The molecular weight excluding hydrogens is 282 g/mol. The molecule has 1 heterocycles. The highest BCUT2D eigenvalue weighted by atomic mass is 79.9. The summed E-state index contributed by atoms with van der Waals surface area (Å²) in [4.78, 5) is 18.5. The van der Waals surface area contributed by atoms with Gasteiger partial charge in [-0.2, -0.15) is 0 Å². The molecule has 0 atom stereocenters. The summed E-state index contributed by atoms with van der Waals surface area (Å²) < 4.78 is 1.81. The molecule has 0 aromatic carbocycles. The van der Waals surface area contributed by atoms with Gasteiger partial charge in [0.05, 0.1) is 6.33 Å². The van der Waals surface area contributed by atoms with Crippen LogP contribution in [0.15, 0.2) is 12.5 Å². The summed E-state index contributed by atoms with van der Waals surface area (Å²) in [5.41, 5.74) is 0.556. The molecule has 0 unspecified atom stereocenters. The van der Waals surface area contributed by atoms with Crippen molar-refractivity contribution >= 4 is 21.8 Å². The number of amides is 1. The van der Waals surface area contributed by atoms with Gasteiger partial charge >= 0.3 is 0 Å². The van der Waals surface area contributed by atoms with Crippen LogP contribution in [-0.4, -0.2) is 38.3 Å². The fraction of sp³-hybridized carbons (Fsp3) is 0.667. The van der Waals surface area contributed by atoms with Crippen LogP contribution in [0.3, 0.4) is 0 Å². The SMILES string of the molecule is Cn1cnc(C(=O)N(CCBr)C2CCCC2)c1. The number of aromatic nitrogens is 2. The third-order valence-corrected chi connectivity index (χ3v) is 3.63. The molecule has 1 fully saturated rings. The van der Waals surface area contributed by atoms with Gasteiger partial charge in [0.2, 0.25) is 0 Å². The number of carbonyl (C=O) groups is 1. The van der Waals surface area contributed by atoms with E-state index < -0.39 is 0 Å². The minimum atomic E-state index is 0.0666. The van der Waals surface area contributed by atoms with Crippen molar-refractivity contribution in [3.8, 4) is 0 Å². The third kappa shape index (κ3) is 2.89. The van der Waals surface area contributed by atoms with Crippen molar-refractivity contribution in [2.24, 2.45) is 7.05 Å². The number of hydrogen-bond acceptors (Lipinski definition) is 2. The Bertz CT molecular complexity index is 385. The molecule has 1 aliphatic carbocycles. The Morgan fingerprint density at radius 2 is 2.29 bits per heavy atom. The van der Waals surface area contributed by atoms with Crippen molar-refractivity contribution in [2.45, 2.75) is 31.7 Å². The Kier molecular flexibility index (Phi) is 4.20. The second-order valence-electron chi connectivity index (χ2n) is 4.55. The fourth-order valence-electron chi connectivity index (χ4n) is 2.43. The van der Waals surface area contributed by atoms with Crippen molar-refractivity contribution in [2.75, 3.05) is 11.9 Å². The Labute approximate surface area is 110 Å². The predicted octanol–water partition coefficient (Wildman–Crippen LogP) is 2.20. The van der Waals surface area contributed by atoms with Crippen molar-refractivity contribution in [3.63, 3.8) is 0 Å². The lowest BCUT2D eigenvalue weighted by atomic mass is 10.2. The summed E-state index contributed by atoms with van der Waals surface area (Å²) in [5, 5.41) is 0.822. The van der Waals surface area contributed by atoms with Crippen LogP contribution < -0.4 is 0 Å². The molecule has 1 aliphatic rings. The van der Waals surface area contributed by atoms with E-state index in [1.165, 1.54) is 12.8 Å². The Balaban J connectivity index is 2.12. The maximum Gasteiger partial charge on any atom is 0.274 e. The second-order valence-corrected chi connectivity index (χ2v) is 5.34. The molecule has 1 aromatic heterocycles. The number of hydrogen-bond donors (Lipinski definition) is 0. The lowest BCUT2D eigenvalue weighted by Crippen LogP contribution is -2.40. The minimum Gasteiger partial charge on any atom is -0.340 e. The quantitative estimate of drug-likeness (QED) is 0.800. The molecular formula is C12H18BrN3O. The molecule has 2 rings (SSSR count). The van der Waals surface area contributed by atoms with E-state index in [2.05, 4.69) is 20.9 Å². The summed E-state index contributed by atoms with van der Waals surface area (Å²) in [6.45, 7) is 0.764. The number of nitrogens with zero attached hydrogens (tertiary/aromatic N) is 3. The van der Waals surface area contributed by atoms with Crippen molar-refractivity contribution in [1.82, 2.24) is 14.5 Å². The number of carbonyl (C=O) groups excluding carboxylic acids is 1. The molecule has 5 heteroatoms. The van der Waals surface area contributed by atoms with E-state index in [0.29, 0.717) is 11.7 Å². The molecule has 0 radical (unpaired) electrons. The maximum atomic E-state index is 12.4. The molecule has 0 N–H and O–H groups in total.